The largest absolute Gasteiger partial charge is 0.347 e. The van der Waals surface area contributed by atoms with Gasteiger partial charge in [-0.2, -0.15) is 0 Å². The van der Waals surface area contributed by atoms with E-state index in [4.69, 9.17) is 0 Å². The minimum atomic E-state index is 0.0300. The van der Waals surface area contributed by atoms with Crippen LogP contribution in [0.3, 0.4) is 0 Å². The number of hydrogen-bond donors (Lipinski definition) is 0. The van der Waals surface area contributed by atoms with Crippen LogP contribution < -0.4 is 0 Å². The molecular formula is C16H14N2O. The van der Waals surface area contributed by atoms with E-state index in [2.05, 4.69) is 9.55 Å². The van der Waals surface area contributed by atoms with Gasteiger partial charge in [-0.3, -0.25) is 9.78 Å². The van der Waals surface area contributed by atoms with E-state index in [1.807, 2.05) is 38.2 Å². The Bertz CT molecular complexity index is 757. The summed E-state index contributed by atoms with van der Waals surface area (Å²) in [7, 11) is 1.98. The molecule has 19 heavy (non-hydrogen) atoms. The Morgan fingerprint density at radius 1 is 1.16 bits per heavy atom. The molecule has 0 spiro atoms. The Labute approximate surface area is 111 Å². The van der Waals surface area contributed by atoms with Gasteiger partial charge in [-0.1, -0.05) is 18.2 Å². The fourth-order valence-electron chi connectivity index (χ4n) is 2.45. The van der Waals surface area contributed by atoms with E-state index in [0.717, 1.165) is 22.2 Å². The second kappa shape index (κ2) is 4.35. The molecule has 0 unspecified atom stereocenters. The molecule has 0 radical (unpaired) electrons. The van der Waals surface area contributed by atoms with Crippen LogP contribution in [-0.4, -0.2) is 15.3 Å². The molecule has 0 bridgehead atoms. The number of para-hydroxylation sites is 1. The first-order chi connectivity index (χ1) is 9.20. The van der Waals surface area contributed by atoms with Gasteiger partial charge in [0.15, 0.2) is 5.78 Å². The fourth-order valence-corrected chi connectivity index (χ4v) is 2.45. The van der Waals surface area contributed by atoms with Gasteiger partial charge < -0.3 is 4.57 Å². The lowest BCUT2D eigenvalue weighted by Crippen LogP contribution is -2.04. The third kappa shape index (κ3) is 1.74. The van der Waals surface area contributed by atoms with Crippen molar-refractivity contribution in [2.24, 2.45) is 7.05 Å². The van der Waals surface area contributed by atoms with Crippen molar-refractivity contribution in [1.82, 2.24) is 9.55 Å². The Morgan fingerprint density at radius 2 is 1.95 bits per heavy atom. The molecule has 0 saturated carbocycles. The van der Waals surface area contributed by atoms with E-state index in [1.54, 1.807) is 24.5 Å². The zero-order chi connectivity index (χ0) is 13.4. The lowest BCUT2D eigenvalue weighted by molar-refractivity contribution is 0.103. The standard InChI is InChI=1S/C16H14N2O/c1-11-15(16(19)12-6-5-9-17-10-12)13-7-3-4-8-14(13)18(11)2/h3-10H,1-2H3. The number of carbonyl (C=O) groups excluding carboxylic acids is 1. The highest BCUT2D eigenvalue weighted by Crippen LogP contribution is 2.26. The highest BCUT2D eigenvalue weighted by atomic mass is 16.1. The summed E-state index contributed by atoms with van der Waals surface area (Å²) in [5.41, 5.74) is 3.45. The van der Waals surface area contributed by atoms with Gasteiger partial charge in [0.05, 0.1) is 5.56 Å². The van der Waals surface area contributed by atoms with Crippen molar-refractivity contribution in [3.63, 3.8) is 0 Å². The van der Waals surface area contributed by atoms with Crippen molar-refractivity contribution < 1.29 is 4.79 Å². The van der Waals surface area contributed by atoms with E-state index in [9.17, 15) is 4.79 Å². The quantitative estimate of drug-likeness (QED) is 0.655. The maximum atomic E-state index is 12.6. The van der Waals surface area contributed by atoms with E-state index in [-0.39, 0.29) is 5.78 Å². The topological polar surface area (TPSA) is 34.9 Å². The molecule has 0 aliphatic heterocycles. The van der Waals surface area contributed by atoms with Gasteiger partial charge >= 0.3 is 0 Å². The minimum Gasteiger partial charge on any atom is -0.347 e. The summed E-state index contributed by atoms with van der Waals surface area (Å²) >= 11 is 0. The Balaban J connectivity index is 2.26. The number of aromatic nitrogens is 2. The molecule has 0 aliphatic rings. The van der Waals surface area contributed by atoms with Crippen LogP contribution >= 0.6 is 0 Å². The number of fused-ring (bicyclic) bond motifs is 1. The van der Waals surface area contributed by atoms with Crippen molar-refractivity contribution in [2.45, 2.75) is 6.92 Å². The lowest BCUT2D eigenvalue weighted by atomic mass is 10.0. The summed E-state index contributed by atoms with van der Waals surface area (Å²) in [6.07, 6.45) is 3.29. The third-order valence-corrected chi connectivity index (χ3v) is 3.55. The van der Waals surface area contributed by atoms with Crippen LogP contribution in [-0.2, 0) is 7.05 Å². The zero-order valence-corrected chi connectivity index (χ0v) is 10.9. The van der Waals surface area contributed by atoms with Gasteiger partial charge in [-0.05, 0) is 25.1 Å². The molecule has 3 nitrogen and oxygen atoms in total. The van der Waals surface area contributed by atoms with Gasteiger partial charge in [0, 0.05) is 41.6 Å². The number of benzene rings is 1. The predicted molar refractivity (Wildman–Crippen MR) is 75.3 cm³/mol. The smallest absolute Gasteiger partial charge is 0.197 e. The molecule has 0 fully saturated rings. The Hall–Kier alpha value is -2.42. The number of pyridine rings is 1. The molecule has 3 rings (SSSR count). The van der Waals surface area contributed by atoms with Gasteiger partial charge in [0.2, 0.25) is 0 Å². The van der Waals surface area contributed by atoms with Crippen molar-refractivity contribution in [3.8, 4) is 0 Å². The number of nitrogens with zero attached hydrogens (tertiary/aromatic N) is 2. The minimum absolute atomic E-state index is 0.0300. The molecule has 2 heterocycles. The molecular weight excluding hydrogens is 236 g/mol. The molecule has 3 aromatic rings. The number of ketones is 1. The van der Waals surface area contributed by atoms with Crippen molar-refractivity contribution in [2.75, 3.05) is 0 Å². The van der Waals surface area contributed by atoms with E-state index in [0.29, 0.717) is 5.56 Å². The number of aryl methyl sites for hydroxylation is 1. The molecule has 0 aliphatic carbocycles. The van der Waals surface area contributed by atoms with Crippen molar-refractivity contribution in [3.05, 3.63) is 65.6 Å². The molecule has 0 amide bonds. The van der Waals surface area contributed by atoms with E-state index < -0.39 is 0 Å². The van der Waals surface area contributed by atoms with Crippen molar-refractivity contribution >= 4 is 16.7 Å². The summed E-state index contributed by atoms with van der Waals surface area (Å²) in [4.78, 5) is 16.7. The summed E-state index contributed by atoms with van der Waals surface area (Å²) in [5.74, 6) is 0.0300. The zero-order valence-electron chi connectivity index (χ0n) is 10.9. The van der Waals surface area contributed by atoms with Gasteiger partial charge in [-0.15, -0.1) is 0 Å². The second-order valence-corrected chi connectivity index (χ2v) is 4.61. The molecule has 1 aromatic carbocycles. The molecule has 94 valence electrons. The van der Waals surface area contributed by atoms with Crippen LogP contribution in [0.25, 0.3) is 10.9 Å². The monoisotopic (exact) mass is 250 g/mol. The lowest BCUT2D eigenvalue weighted by Gasteiger charge is -2.01. The highest BCUT2D eigenvalue weighted by Gasteiger charge is 2.19. The number of rotatable bonds is 2. The third-order valence-electron chi connectivity index (χ3n) is 3.55. The van der Waals surface area contributed by atoms with Crippen LogP contribution in [0.5, 0.6) is 0 Å². The SMILES string of the molecule is Cc1c(C(=O)c2cccnc2)c2ccccc2n1C. The highest BCUT2D eigenvalue weighted by molar-refractivity contribution is 6.17. The summed E-state index contributed by atoms with van der Waals surface area (Å²) in [6.45, 7) is 1.98. The van der Waals surface area contributed by atoms with Crippen LogP contribution in [0.15, 0.2) is 48.8 Å². The fraction of sp³-hybridized carbons (Fsp3) is 0.125. The Morgan fingerprint density at radius 3 is 2.68 bits per heavy atom. The second-order valence-electron chi connectivity index (χ2n) is 4.61. The normalized spacial score (nSPS) is 10.8. The first kappa shape index (κ1) is 11.7. The summed E-state index contributed by atoms with van der Waals surface area (Å²) in [6, 6.07) is 11.6. The number of hydrogen-bond acceptors (Lipinski definition) is 2. The van der Waals surface area contributed by atoms with Crippen LogP contribution in [0, 0.1) is 6.92 Å². The number of carbonyl (C=O) groups is 1. The maximum Gasteiger partial charge on any atom is 0.197 e. The molecule has 2 aromatic heterocycles. The van der Waals surface area contributed by atoms with Gasteiger partial charge in [0.1, 0.15) is 0 Å². The Kier molecular flexibility index (Phi) is 2.67. The van der Waals surface area contributed by atoms with Crippen LogP contribution in [0.2, 0.25) is 0 Å². The average molecular weight is 250 g/mol. The predicted octanol–water partition coefficient (Wildman–Crippen LogP) is 3.11. The van der Waals surface area contributed by atoms with Crippen LogP contribution in [0.4, 0.5) is 0 Å². The van der Waals surface area contributed by atoms with E-state index >= 15 is 0 Å². The molecule has 3 heteroatoms. The molecule has 0 N–H and O–H groups in total. The molecule has 0 atom stereocenters. The van der Waals surface area contributed by atoms with Crippen LogP contribution in [0.1, 0.15) is 21.6 Å². The summed E-state index contributed by atoms with van der Waals surface area (Å²) in [5, 5.41) is 0.997. The average Bonchev–Trinajstić information content (AvgIpc) is 2.72. The maximum absolute atomic E-state index is 12.6. The van der Waals surface area contributed by atoms with Crippen molar-refractivity contribution in [1.29, 1.82) is 0 Å². The summed E-state index contributed by atoms with van der Waals surface area (Å²) < 4.78 is 2.05. The van der Waals surface area contributed by atoms with Gasteiger partial charge in [0.25, 0.3) is 0 Å². The van der Waals surface area contributed by atoms with E-state index in [1.165, 1.54) is 0 Å². The first-order valence-corrected chi connectivity index (χ1v) is 6.19. The first-order valence-electron chi connectivity index (χ1n) is 6.19. The van der Waals surface area contributed by atoms with Gasteiger partial charge in [-0.25, -0.2) is 0 Å². The molecule has 0 saturated heterocycles.